The van der Waals surface area contributed by atoms with Crippen LogP contribution < -0.4 is 11.2 Å². The van der Waals surface area contributed by atoms with Crippen LogP contribution in [0.15, 0.2) is 88.5 Å². The van der Waals surface area contributed by atoms with Crippen LogP contribution in [0.25, 0.3) is 10.9 Å². The molecule has 43 heavy (non-hydrogen) atoms. The number of aryl methyl sites for hydroxylation is 1. The maximum absolute atomic E-state index is 12.7. The first-order chi connectivity index (χ1) is 20.8. The Morgan fingerprint density at radius 2 is 1.51 bits per heavy atom. The minimum atomic E-state index is -0.918. The van der Waals surface area contributed by atoms with Crippen LogP contribution in [0.3, 0.4) is 0 Å². The number of esters is 1. The normalized spacial score (nSPS) is 14.8. The average molecular weight is 584 g/mol. The Labute approximate surface area is 252 Å². The van der Waals surface area contributed by atoms with Gasteiger partial charge in [-0.3, -0.25) is 19.1 Å². The second kappa shape index (κ2) is 13.5. The third kappa shape index (κ3) is 6.98. The van der Waals surface area contributed by atoms with Crippen molar-refractivity contribution in [2.45, 2.75) is 63.7 Å². The van der Waals surface area contributed by atoms with E-state index in [1.807, 2.05) is 12.1 Å². The summed E-state index contributed by atoms with van der Waals surface area (Å²) in [4.78, 5) is 42.6. The number of hydrogen-bond donors (Lipinski definition) is 1. The summed E-state index contributed by atoms with van der Waals surface area (Å²) in [7, 11) is 1.35. The first-order valence-electron chi connectivity index (χ1n) is 15.1. The lowest BCUT2D eigenvalue weighted by molar-refractivity contribution is -0.146. The van der Waals surface area contributed by atoms with Crippen molar-refractivity contribution >= 4 is 16.9 Å². The summed E-state index contributed by atoms with van der Waals surface area (Å²) in [6.45, 7) is 6.90. The molecule has 4 aromatic rings. The zero-order valence-corrected chi connectivity index (χ0v) is 25.3. The average Bonchev–Trinajstić information content (AvgIpc) is 3.04. The summed E-state index contributed by atoms with van der Waals surface area (Å²) in [5.74, 6) is -0.389. The van der Waals surface area contributed by atoms with Crippen molar-refractivity contribution in [1.82, 2.24) is 14.5 Å². The second-order valence-corrected chi connectivity index (χ2v) is 11.8. The van der Waals surface area contributed by atoms with Crippen molar-refractivity contribution < 1.29 is 14.3 Å². The van der Waals surface area contributed by atoms with Gasteiger partial charge >= 0.3 is 11.7 Å². The lowest BCUT2D eigenvalue weighted by Crippen LogP contribution is -2.38. The fourth-order valence-corrected chi connectivity index (χ4v) is 5.95. The van der Waals surface area contributed by atoms with E-state index in [4.69, 9.17) is 9.47 Å². The van der Waals surface area contributed by atoms with Crippen LogP contribution in [-0.2, 0) is 26.2 Å². The van der Waals surface area contributed by atoms with E-state index in [0.717, 1.165) is 45.3 Å². The predicted octanol–water partition coefficient (Wildman–Crippen LogP) is 5.19. The topological polar surface area (TPSA) is 93.6 Å². The van der Waals surface area contributed by atoms with Gasteiger partial charge in [0.25, 0.3) is 5.56 Å². The molecule has 5 rings (SSSR count). The number of ether oxygens (including phenoxy) is 2. The maximum Gasteiger partial charge on any atom is 0.328 e. The molecule has 0 bridgehead atoms. The third-order valence-electron chi connectivity index (χ3n) is 8.59. The van der Waals surface area contributed by atoms with E-state index in [1.54, 1.807) is 36.6 Å². The van der Waals surface area contributed by atoms with Gasteiger partial charge in [-0.15, -0.1) is 0 Å². The summed E-state index contributed by atoms with van der Waals surface area (Å²) in [5.41, 5.74) is 1.79. The van der Waals surface area contributed by atoms with Gasteiger partial charge in [0.1, 0.15) is 6.10 Å². The van der Waals surface area contributed by atoms with E-state index in [-0.39, 0.29) is 18.2 Å². The Kier molecular flexibility index (Phi) is 9.58. The highest BCUT2D eigenvalue weighted by molar-refractivity contribution is 5.85. The number of carbonyl (C=O) groups is 1. The molecule has 0 amide bonds. The summed E-state index contributed by atoms with van der Waals surface area (Å²) < 4.78 is 13.3. The van der Waals surface area contributed by atoms with Crippen molar-refractivity contribution in [2.24, 2.45) is 0 Å². The zero-order valence-electron chi connectivity index (χ0n) is 25.3. The van der Waals surface area contributed by atoms with Crippen molar-refractivity contribution in [3.05, 3.63) is 116 Å². The minimum absolute atomic E-state index is 0.0768. The quantitative estimate of drug-likeness (QED) is 0.193. The SMILES string of the molecule is COC(=O)C(C)(C)c1ccc2c(c1)c(=O)[nH]c(=O)n2CCCCN1CCC(OC(c2ccccc2)c2ccccc2)CC1. The third-order valence-corrected chi connectivity index (χ3v) is 8.59. The van der Waals surface area contributed by atoms with Gasteiger partial charge in [-0.05, 0) is 74.9 Å². The van der Waals surface area contributed by atoms with E-state index in [0.29, 0.717) is 23.0 Å². The Hall–Kier alpha value is -4.01. The van der Waals surface area contributed by atoms with Crippen LogP contribution in [0.4, 0.5) is 0 Å². The van der Waals surface area contributed by atoms with Gasteiger partial charge in [0.2, 0.25) is 0 Å². The molecule has 0 unspecified atom stereocenters. The number of aromatic amines is 1. The minimum Gasteiger partial charge on any atom is -0.468 e. The Morgan fingerprint density at radius 1 is 0.907 bits per heavy atom. The van der Waals surface area contributed by atoms with E-state index in [9.17, 15) is 14.4 Å². The molecule has 1 aliphatic heterocycles. The van der Waals surface area contributed by atoms with E-state index < -0.39 is 16.7 Å². The molecular formula is C35H41N3O5. The zero-order chi connectivity index (χ0) is 30.4. The highest BCUT2D eigenvalue weighted by Crippen LogP contribution is 2.30. The van der Waals surface area contributed by atoms with Crippen LogP contribution in [0.2, 0.25) is 0 Å². The molecule has 0 spiro atoms. The van der Waals surface area contributed by atoms with Crippen molar-refractivity contribution in [3.63, 3.8) is 0 Å². The lowest BCUT2D eigenvalue weighted by atomic mass is 9.84. The van der Waals surface area contributed by atoms with Crippen LogP contribution in [-0.4, -0.2) is 53.3 Å². The summed E-state index contributed by atoms with van der Waals surface area (Å²) in [6, 6.07) is 26.1. The molecule has 0 saturated carbocycles. The van der Waals surface area contributed by atoms with Gasteiger partial charge in [0.15, 0.2) is 0 Å². The van der Waals surface area contributed by atoms with Crippen molar-refractivity contribution in [1.29, 1.82) is 0 Å². The van der Waals surface area contributed by atoms with Crippen LogP contribution in [0, 0.1) is 0 Å². The molecule has 1 aromatic heterocycles. The maximum atomic E-state index is 12.7. The molecule has 1 N–H and O–H groups in total. The number of carbonyl (C=O) groups excluding carboxylic acids is 1. The number of aromatic nitrogens is 2. The summed E-state index contributed by atoms with van der Waals surface area (Å²) >= 11 is 0. The number of rotatable bonds is 11. The number of likely N-dealkylation sites (tertiary alicyclic amines) is 1. The largest absolute Gasteiger partial charge is 0.468 e. The van der Waals surface area contributed by atoms with E-state index in [2.05, 4.69) is 58.4 Å². The number of piperidine rings is 1. The molecule has 226 valence electrons. The molecule has 0 radical (unpaired) electrons. The van der Waals surface area contributed by atoms with Crippen LogP contribution in [0.1, 0.15) is 62.3 Å². The van der Waals surface area contributed by atoms with Gasteiger partial charge in [0, 0.05) is 19.6 Å². The number of benzene rings is 3. The Balaban J connectivity index is 1.16. The summed E-state index contributed by atoms with van der Waals surface area (Å²) in [6.07, 6.45) is 3.81. The van der Waals surface area contributed by atoms with Gasteiger partial charge in [-0.25, -0.2) is 4.79 Å². The monoisotopic (exact) mass is 583 g/mol. The number of nitrogens with zero attached hydrogens (tertiary/aromatic N) is 2. The molecule has 0 atom stereocenters. The Morgan fingerprint density at radius 3 is 2.12 bits per heavy atom. The van der Waals surface area contributed by atoms with E-state index in [1.165, 1.54) is 18.2 Å². The number of fused-ring (bicyclic) bond motifs is 1. The number of unbranched alkanes of at least 4 members (excludes halogenated alkanes) is 1. The molecule has 1 aliphatic rings. The second-order valence-electron chi connectivity index (χ2n) is 11.8. The van der Waals surface area contributed by atoms with Crippen LogP contribution >= 0.6 is 0 Å². The number of methoxy groups -OCH3 is 1. The fraction of sp³-hybridized carbons (Fsp3) is 0.400. The van der Waals surface area contributed by atoms with E-state index >= 15 is 0 Å². The summed E-state index contributed by atoms with van der Waals surface area (Å²) in [5, 5.41) is 0.389. The van der Waals surface area contributed by atoms with Gasteiger partial charge in [-0.1, -0.05) is 66.7 Å². The predicted molar refractivity (Wildman–Crippen MR) is 168 cm³/mol. The molecule has 1 saturated heterocycles. The molecule has 8 heteroatoms. The molecule has 3 aromatic carbocycles. The number of H-pyrrole nitrogens is 1. The molecule has 0 aliphatic carbocycles. The fourth-order valence-electron chi connectivity index (χ4n) is 5.95. The van der Waals surface area contributed by atoms with Gasteiger partial charge < -0.3 is 14.4 Å². The number of nitrogens with one attached hydrogen (secondary N) is 1. The van der Waals surface area contributed by atoms with Crippen LogP contribution in [0.5, 0.6) is 0 Å². The highest BCUT2D eigenvalue weighted by atomic mass is 16.5. The Bertz CT molecular complexity index is 1600. The first kappa shape index (κ1) is 30.4. The lowest BCUT2D eigenvalue weighted by Gasteiger charge is -2.34. The van der Waals surface area contributed by atoms with Crippen molar-refractivity contribution in [3.8, 4) is 0 Å². The molecule has 8 nitrogen and oxygen atoms in total. The van der Waals surface area contributed by atoms with Gasteiger partial charge in [0.05, 0.1) is 29.5 Å². The molecule has 1 fully saturated rings. The molecular weight excluding hydrogens is 542 g/mol. The number of hydrogen-bond acceptors (Lipinski definition) is 6. The van der Waals surface area contributed by atoms with Crippen molar-refractivity contribution in [2.75, 3.05) is 26.7 Å². The standard InChI is InChI=1S/C35H41N3O5/c1-35(2,33(40)42-3)27-16-17-30-29(24-27)32(39)36-34(41)38(30)21-11-10-20-37-22-18-28(19-23-37)43-31(25-12-6-4-7-13-25)26-14-8-5-9-15-26/h4-9,12-17,24,28,31H,10-11,18-23H2,1-3H3,(H,36,39,41). The van der Waals surface area contributed by atoms with Gasteiger partial charge in [-0.2, -0.15) is 0 Å². The highest BCUT2D eigenvalue weighted by Gasteiger charge is 2.31. The smallest absolute Gasteiger partial charge is 0.328 e. The molecule has 2 heterocycles. The first-order valence-corrected chi connectivity index (χ1v) is 15.1.